The number of rotatable bonds is 2. The Morgan fingerprint density at radius 3 is 3.29 bits per heavy atom. The maximum atomic E-state index is 12.1. The Morgan fingerprint density at radius 1 is 1.53 bits per heavy atom. The van der Waals surface area contributed by atoms with Crippen LogP contribution in [0.25, 0.3) is 5.52 Å². The van der Waals surface area contributed by atoms with Crippen molar-refractivity contribution in [1.82, 2.24) is 20.2 Å². The highest BCUT2D eigenvalue weighted by Gasteiger charge is 2.19. The Bertz CT molecular complexity index is 542. The van der Waals surface area contributed by atoms with Gasteiger partial charge in [0.15, 0.2) is 0 Å². The van der Waals surface area contributed by atoms with E-state index >= 15 is 0 Å². The third-order valence-corrected chi connectivity index (χ3v) is 3.07. The zero-order valence-corrected chi connectivity index (χ0v) is 9.39. The molecule has 1 aliphatic heterocycles. The number of aromatic nitrogens is 2. The minimum absolute atomic E-state index is 0.0418. The van der Waals surface area contributed by atoms with Crippen molar-refractivity contribution >= 4 is 11.4 Å². The van der Waals surface area contributed by atoms with E-state index in [1.54, 1.807) is 10.7 Å². The lowest BCUT2D eigenvalue weighted by Crippen LogP contribution is -2.36. The first-order chi connectivity index (χ1) is 8.34. The lowest BCUT2D eigenvalue weighted by Gasteiger charge is -2.10. The first-order valence-corrected chi connectivity index (χ1v) is 5.78. The number of hydrogen-bond acceptors (Lipinski definition) is 3. The molecule has 0 aromatic carbocycles. The van der Waals surface area contributed by atoms with E-state index in [2.05, 4.69) is 15.7 Å². The number of fused-ring (bicyclic) bond motifs is 1. The molecule has 1 saturated heterocycles. The van der Waals surface area contributed by atoms with Gasteiger partial charge >= 0.3 is 0 Å². The Kier molecular flexibility index (Phi) is 2.53. The first-order valence-electron chi connectivity index (χ1n) is 5.78. The summed E-state index contributed by atoms with van der Waals surface area (Å²) in [7, 11) is 0. The van der Waals surface area contributed by atoms with E-state index in [1.165, 1.54) is 0 Å². The molecule has 2 N–H and O–H groups in total. The van der Waals surface area contributed by atoms with Crippen LogP contribution in [-0.4, -0.2) is 34.7 Å². The zero-order chi connectivity index (χ0) is 11.7. The number of pyridine rings is 1. The smallest absolute Gasteiger partial charge is 0.255 e. The van der Waals surface area contributed by atoms with Gasteiger partial charge in [-0.2, -0.15) is 5.10 Å². The summed E-state index contributed by atoms with van der Waals surface area (Å²) in [5, 5.41) is 10.4. The fourth-order valence-corrected chi connectivity index (χ4v) is 2.15. The maximum absolute atomic E-state index is 12.1. The summed E-state index contributed by atoms with van der Waals surface area (Å²) in [4.78, 5) is 12.1. The molecule has 17 heavy (non-hydrogen) atoms. The van der Waals surface area contributed by atoms with Gasteiger partial charge in [-0.25, -0.2) is 4.52 Å². The summed E-state index contributed by atoms with van der Waals surface area (Å²) in [6.07, 6.45) is 4.45. The highest BCUT2D eigenvalue weighted by molar-refractivity contribution is 6.00. The fraction of sp³-hybridized carbons (Fsp3) is 0.333. The topological polar surface area (TPSA) is 58.4 Å². The molecule has 5 nitrogen and oxygen atoms in total. The maximum Gasteiger partial charge on any atom is 0.255 e. The van der Waals surface area contributed by atoms with Crippen molar-refractivity contribution in [2.75, 3.05) is 13.1 Å². The number of carbonyl (C=O) groups is 1. The van der Waals surface area contributed by atoms with Crippen LogP contribution in [0.15, 0.2) is 30.6 Å². The summed E-state index contributed by atoms with van der Waals surface area (Å²) in [5.74, 6) is -0.0418. The standard InChI is InChI=1S/C12H14N4O/c17-12(15-9-4-5-13-7-9)10-8-14-16-6-2-1-3-11(10)16/h1-3,6,8-9,13H,4-5,7H2,(H,15,17)/t9-/m1/s1. The van der Waals surface area contributed by atoms with Gasteiger partial charge in [0.2, 0.25) is 0 Å². The quantitative estimate of drug-likeness (QED) is 0.786. The summed E-state index contributed by atoms with van der Waals surface area (Å²) in [6, 6.07) is 5.93. The molecular weight excluding hydrogens is 216 g/mol. The molecule has 0 spiro atoms. The molecule has 5 heteroatoms. The van der Waals surface area contributed by atoms with Gasteiger partial charge in [0, 0.05) is 18.8 Å². The van der Waals surface area contributed by atoms with Crippen LogP contribution in [0.1, 0.15) is 16.8 Å². The van der Waals surface area contributed by atoms with Crippen LogP contribution in [0.2, 0.25) is 0 Å². The lowest BCUT2D eigenvalue weighted by atomic mass is 10.2. The van der Waals surface area contributed by atoms with Crippen LogP contribution in [0.5, 0.6) is 0 Å². The normalized spacial score (nSPS) is 19.6. The average Bonchev–Trinajstić information content (AvgIpc) is 2.96. The highest BCUT2D eigenvalue weighted by atomic mass is 16.1. The molecular formula is C12H14N4O. The SMILES string of the molecule is O=C(N[C@@H]1CCNC1)c1cnn2ccccc12. The van der Waals surface area contributed by atoms with Crippen molar-refractivity contribution in [2.24, 2.45) is 0 Å². The fourth-order valence-electron chi connectivity index (χ4n) is 2.15. The van der Waals surface area contributed by atoms with Gasteiger partial charge in [0.05, 0.1) is 17.3 Å². The second-order valence-corrected chi connectivity index (χ2v) is 4.25. The first kappa shape index (κ1) is 10.3. The van der Waals surface area contributed by atoms with Crippen LogP contribution in [-0.2, 0) is 0 Å². The summed E-state index contributed by atoms with van der Waals surface area (Å²) < 4.78 is 1.71. The van der Waals surface area contributed by atoms with Crippen molar-refractivity contribution in [3.05, 3.63) is 36.2 Å². The molecule has 1 atom stereocenters. The molecule has 1 amide bonds. The second kappa shape index (κ2) is 4.18. The van der Waals surface area contributed by atoms with Gasteiger partial charge < -0.3 is 10.6 Å². The molecule has 0 unspecified atom stereocenters. The van der Waals surface area contributed by atoms with E-state index in [0.29, 0.717) is 5.56 Å². The molecule has 2 aromatic rings. The van der Waals surface area contributed by atoms with Gasteiger partial charge in [-0.1, -0.05) is 6.07 Å². The van der Waals surface area contributed by atoms with Crippen molar-refractivity contribution < 1.29 is 4.79 Å². The summed E-state index contributed by atoms with van der Waals surface area (Å²) in [6.45, 7) is 1.82. The minimum atomic E-state index is -0.0418. The third kappa shape index (κ3) is 1.89. The van der Waals surface area contributed by atoms with E-state index < -0.39 is 0 Å². The van der Waals surface area contributed by atoms with Gasteiger partial charge in [-0.05, 0) is 25.1 Å². The zero-order valence-electron chi connectivity index (χ0n) is 9.39. The number of nitrogens with zero attached hydrogens (tertiary/aromatic N) is 2. The van der Waals surface area contributed by atoms with E-state index in [-0.39, 0.29) is 11.9 Å². The average molecular weight is 230 g/mol. The molecule has 1 fully saturated rings. The van der Waals surface area contributed by atoms with Crippen LogP contribution >= 0.6 is 0 Å². The lowest BCUT2D eigenvalue weighted by molar-refractivity contribution is 0.0941. The monoisotopic (exact) mass is 230 g/mol. The van der Waals surface area contributed by atoms with Crippen LogP contribution in [0, 0.1) is 0 Å². The van der Waals surface area contributed by atoms with Crippen LogP contribution in [0.4, 0.5) is 0 Å². The molecule has 0 radical (unpaired) electrons. The van der Waals surface area contributed by atoms with E-state index in [9.17, 15) is 4.79 Å². The molecule has 2 aromatic heterocycles. The molecule has 1 aliphatic rings. The van der Waals surface area contributed by atoms with Crippen molar-refractivity contribution in [3.63, 3.8) is 0 Å². The van der Waals surface area contributed by atoms with Crippen LogP contribution in [0.3, 0.4) is 0 Å². The Morgan fingerprint density at radius 2 is 2.47 bits per heavy atom. The molecule has 0 saturated carbocycles. The largest absolute Gasteiger partial charge is 0.348 e. The Balaban J connectivity index is 1.85. The highest BCUT2D eigenvalue weighted by Crippen LogP contribution is 2.10. The van der Waals surface area contributed by atoms with Gasteiger partial charge in [0.1, 0.15) is 0 Å². The van der Waals surface area contributed by atoms with E-state index in [1.807, 2.05) is 24.4 Å². The van der Waals surface area contributed by atoms with Crippen molar-refractivity contribution in [3.8, 4) is 0 Å². The number of hydrogen-bond donors (Lipinski definition) is 2. The van der Waals surface area contributed by atoms with Crippen molar-refractivity contribution in [2.45, 2.75) is 12.5 Å². The second-order valence-electron chi connectivity index (χ2n) is 4.25. The van der Waals surface area contributed by atoms with Gasteiger partial charge in [-0.15, -0.1) is 0 Å². The number of nitrogens with one attached hydrogen (secondary N) is 2. The number of amides is 1. The summed E-state index contributed by atoms with van der Waals surface area (Å²) >= 11 is 0. The molecule has 0 bridgehead atoms. The van der Waals surface area contributed by atoms with Gasteiger partial charge in [-0.3, -0.25) is 4.79 Å². The predicted molar refractivity (Wildman–Crippen MR) is 63.9 cm³/mol. The Labute approximate surface area is 98.8 Å². The molecule has 0 aliphatic carbocycles. The minimum Gasteiger partial charge on any atom is -0.348 e. The predicted octanol–water partition coefficient (Wildman–Crippen LogP) is 0.426. The van der Waals surface area contributed by atoms with E-state index in [4.69, 9.17) is 0 Å². The number of carbonyl (C=O) groups excluding carboxylic acids is 1. The third-order valence-electron chi connectivity index (χ3n) is 3.07. The Hall–Kier alpha value is -1.88. The molecule has 3 rings (SSSR count). The van der Waals surface area contributed by atoms with Crippen LogP contribution < -0.4 is 10.6 Å². The van der Waals surface area contributed by atoms with Gasteiger partial charge in [0.25, 0.3) is 5.91 Å². The summed E-state index contributed by atoms with van der Waals surface area (Å²) in [5.41, 5.74) is 1.48. The van der Waals surface area contributed by atoms with E-state index in [0.717, 1.165) is 25.0 Å². The molecule has 88 valence electrons. The molecule has 3 heterocycles. The van der Waals surface area contributed by atoms with Crippen molar-refractivity contribution in [1.29, 1.82) is 0 Å².